The topological polar surface area (TPSA) is 87.4 Å². The summed E-state index contributed by atoms with van der Waals surface area (Å²) in [5.41, 5.74) is 9.02. The molecule has 0 amide bonds. The SMILES string of the molecule is CC(C)(c1cn(-c2ccccc2F)nn1)n1cc(-c2ccc(Cl)cc2)c2c(N)ncnc21. The summed E-state index contributed by atoms with van der Waals surface area (Å²) in [5, 5.41) is 9.88. The maximum absolute atomic E-state index is 14.2. The molecule has 0 saturated heterocycles. The molecule has 3 aromatic heterocycles. The standard InChI is InChI=1S/C23H19ClFN7/c1-23(2,19-12-32(30-29-19)18-6-4-3-5-17(18)25)31-11-16(14-7-9-15(24)10-8-14)20-21(26)27-13-28-22(20)31/h3-13H,1-2H3,(H2,26,27,28). The van der Waals surface area contributed by atoms with Gasteiger partial charge in [0.25, 0.3) is 0 Å². The van der Waals surface area contributed by atoms with Gasteiger partial charge in [-0.25, -0.2) is 19.0 Å². The summed E-state index contributed by atoms with van der Waals surface area (Å²) in [6, 6.07) is 13.9. The molecule has 0 unspecified atom stereocenters. The second-order valence-electron chi connectivity index (χ2n) is 7.94. The highest BCUT2D eigenvalue weighted by molar-refractivity contribution is 6.30. The minimum absolute atomic E-state index is 0.327. The third-order valence-corrected chi connectivity index (χ3v) is 5.84. The molecule has 5 rings (SSSR count). The second kappa shape index (κ2) is 7.42. The Labute approximate surface area is 188 Å². The van der Waals surface area contributed by atoms with Gasteiger partial charge in [-0.15, -0.1) is 5.10 Å². The van der Waals surface area contributed by atoms with Crippen molar-refractivity contribution in [2.45, 2.75) is 19.4 Å². The number of halogens is 2. The Morgan fingerprint density at radius 3 is 2.50 bits per heavy atom. The van der Waals surface area contributed by atoms with Gasteiger partial charge in [-0.3, -0.25) is 0 Å². The van der Waals surface area contributed by atoms with Gasteiger partial charge in [-0.05, 0) is 43.7 Å². The lowest BCUT2D eigenvalue weighted by atomic mass is 10.0. The van der Waals surface area contributed by atoms with Crippen molar-refractivity contribution in [3.8, 4) is 16.8 Å². The van der Waals surface area contributed by atoms with Crippen molar-refractivity contribution in [1.29, 1.82) is 0 Å². The second-order valence-corrected chi connectivity index (χ2v) is 8.37. The van der Waals surface area contributed by atoms with Gasteiger partial charge in [-0.1, -0.05) is 41.1 Å². The van der Waals surface area contributed by atoms with Crippen LogP contribution in [0.5, 0.6) is 0 Å². The molecule has 0 aliphatic carbocycles. The molecule has 2 aromatic carbocycles. The molecule has 0 fully saturated rings. The first-order valence-electron chi connectivity index (χ1n) is 9.92. The Morgan fingerprint density at radius 1 is 1.00 bits per heavy atom. The van der Waals surface area contributed by atoms with E-state index in [9.17, 15) is 4.39 Å². The monoisotopic (exact) mass is 447 g/mol. The lowest BCUT2D eigenvalue weighted by Crippen LogP contribution is -2.27. The zero-order valence-corrected chi connectivity index (χ0v) is 18.1. The van der Waals surface area contributed by atoms with Crippen molar-refractivity contribution in [2.75, 3.05) is 5.73 Å². The van der Waals surface area contributed by atoms with E-state index in [0.29, 0.717) is 27.9 Å². The van der Waals surface area contributed by atoms with E-state index in [1.54, 1.807) is 24.4 Å². The number of fused-ring (bicyclic) bond motifs is 1. The first kappa shape index (κ1) is 20.1. The lowest BCUT2D eigenvalue weighted by molar-refractivity contribution is 0.434. The van der Waals surface area contributed by atoms with Gasteiger partial charge in [-0.2, -0.15) is 0 Å². The van der Waals surface area contributed by atoms with Gasteiger partial charge in [0.1, 0.15) is 35.0 Å². The van der Waals surface area contributed by atoms with Crippen molar-refractivity contribution in [1.82, 2.24) is 29.5 Å². The van der Waals surface area contributed by atoms with E-state index >= 15 is 0 Å². The normalized spacial score (nSPS) is 11.9. The number of hydrogen-bond acceptors (Lipinski definition) is 5. The highest BCUT2D eigenvalue weighted by Crippen LogP contribution is 2.37. The Kier molecular flexibility index (Phi) is 4.67. The number of aromatic nitrogens is 6. The molecule has 9 heteroatoms. The molecule has 160 valence electrons. The summed E-state index contributed by atoms with van der Waals surface area (Å²) < 4.78 is 17.7. The van der Waals surface area contributed by atoms with Crippen LogP contribution < -0.4 is 5.73 Å². The number of nitrogen functional groups attached to an aromatic ring is 1. The number of para-hydroxylation sites is 1. The van der Waals surface area contributed by atoms with Crippen LogP contribution in [0.15, 0.2) is 67.3 Å². The Balaban J connectivity index is 1.67. The quantitative estimate of drug-likeness (QED) is 0.426. The fraction of sp³-hybridized carbons (Fsp3) is 0.130. The van der Waals surface area contributed by atoms with Gasteiger partial charge in [0.2, 0.25) is 0 Å². The molecular weight excluding hydrogens is 429 g/mol. The molecule has 0 saturated carbocycles. The zero-order valence-electron chi connectivity index (χ0n) is 17.4. The maximum Gasteiger partial charge on any atom is 0.148 e. The first-order valence-corrected chi connectivity index (χ1v) is 10.3. The van der Waals surface area contributed by atoms with Crippen LogP contribution in [0, 0.1) is 5.82 Å². The highest BCUT2D eigenvalue weighted by Gasteiger charge is 2.30. The maximum atomic E-state index is 14.2. The first-order chi connectivity index (χ1) is 15.4. The van der Waals surface area contributed by atoms with Crippen molar-refractivity contribution in [3.63, 3.8) is 0 Å². The minimum atomic E-state index is -0.673. The molecule has 3 heterocycles. The van der Waals surface area contributed by atoms with Crippen molar-refractivity contribution >= 4 is 28.5 Å². The van der Waals surface area contributed by atoms with Crippen molar-refractivity contribution in [2.24, 2.45) is 0 Å². The van der Waals surface area contributed by atoms with Crippen LogP contribution in [0.2, 0.25) is 5.02 Å². The van der Waals surface area contributed by atoms with Crippen molar-refractivity contribution in [3.05, 3.63) is 83.8 Å². The molecule has 5 aromatic rings. The molecule has 32 heavy (non-hydrogen) atoms. The number of nitrogens with zero attached hydrogens (tertiary/aromatic N) is 6. The predicted molar refractivity (Wildman–Crippen MR) is 122 cm³/mol. The van der Waals surface area contributed by atoms with Crippen molar-refractivity contribution < 1.29 is 4.39 Å². The molecule has 7 nitrogen and oxygen atoms in total. The largest absolute Gasteiger partial charge is 0.383 e. The number of rotatable bonds is 4. The zero-order chi connectivity index (χ0) is 22.5. The summed E-state index contributed by atoms with van der Waals surface area (Å²) in [6.45, 7) is 3.98. The van der Waals surface area contributed by atoms with Crippen LogP contribution >= 0.6 is 11.6 Å². The molecule has 0 spiro atoms. The average Bonchev–Trinajstić information content (AvgIpc) is 3.42. The van der Waals surface area contributed by atoms with E-state index in [0.717, 1.165) is 16.5 Å². The lowest BCUT2D eigenvalue weighted by Gasteiger charge is -2.25. The number of anilines is 1. The number of benzene rings is 2. The summed E-state index contributed by atoms with van der Waals surface area (Å²) >= 11 is 6.07. The van der Waals surface area contributed by atoms with Crippen LogP contribution in [0.4, 0.5) is 10.2 Å². The van der Waals surface area contributed by atoms with Crippen LogP contribution in [0.3, 0.4) is 0 Å². The van der Waals surface area contributed by atoms with E-state index in [4.69, 9.17) is 17.3 Å². The summed E-state index contributed by atoms with van der Waals surface area (Å²) in [7, 11) is 0. The van der Waals surface area contributed by atoms with Gasteiger partial charge in [0, 0.05) is 16.8 Å². The van der Waals surface area contributed by atoms with E-state index in [2.05, 4.69) is 20.3 Å². The molecular formula is C23H19ClFN7. The van der Waals surface area contributed by atoms with E-state index in [1.807, 2.05) is 48.9 Å². The third-order valence-electron chi connectivity index (χ3n) is 5.59. The van der Waals surface area contributed by atoms with Crippen LogP contribution in [0.25, 0.3) is 27.8 Å². The molecule has 0 radical (unpaired) electrons. The number of hydrogen-bond donors (Lipinski definition) is 1. The summed E-state index contributed by atoms with van der Waals surface area (Å²) in [6.07, 6.45) is 5.13. The van der Waals surface area contributed by atoms with Crippen LogP contribution in [-0.2, 0) is 5.54 Å². The molecule has 0 aliphatic heterocycles. The highest BCUT2D eigenvalue weighted by atomic mass is 35.5. The van der Waals surface area contributed by atoms with Gasteiger partial charge < -0.3 is 10.3 Å². The van der Waals surface area contributed by atoms with E-state index in [1.165, 1.54) is 17.1 Å². The summed E-state index contributed by atoms with van der Waals surface area (Å²) in [5.74, 6) is 0.00298. The van der Waals surface area contributed by atoms with Gasteiger partial charge in [0.15, 0.2) is 0 Å². The average molecular weight is 448 g/mol. The van der Waals surface area contributed by atoms with E-state index in [-0.39, 0.29) is 5.82 Å². The Hall–Kier alpha value is -3.78. The van der Waals surface area contributed by atoms with E-state index < -0.39 is 5.54 Å². The van der Waals surface area contributed by atoms with Crippen LogP contribution in [0.1, 0.15) is 19.5 Å². The fourth-order valence-corrected chi connectivity index (χ4v) is 3.91. The van der Waals surface area contributed by atoms with Crippen LogP contribution in [-0.4, -0.2) is 29.5 Å². The molecule has 2 N–H and O–H groups in total. The third kappa shape index (κ3) is 3.20. The van der Waals surface area contributed by atoms with Gasteiger partial charge >= 0.3 is 0 Å². The Morgan fingerprint density at radius 2 is 1.75 bits per heavy atom. The minimum Gasteiger partial charge on any atom is -0.383 e. The number of nitrogens with two attached hydrogens (primary N) is 1. The van der Waals surface area contributed by atoms with Gasteiger partial charge in [0.05, 0.1) is 17.1 Å². The fourth-order valence-electron chi connectivity index (χ4n) is 3.78. The molecule has 0 atom stereocenters. The Bertz CT molecular complexity index is 1440. The molecule has 0 aliphatic rings. The molecule has 0 bridgehead atoms. The summed E-state index contributed by atoms with van der Waals surface area (Å²) in [4.78, 5) is 8.69. The predicted octanol–water partition coefficient (Wildman–Crippen LogP) is 4.84. The smallest absolute Gasteiger partial charge is 0.148 e.